The summed E-state index contributed by atoms with van der Waals surface area (Å²) in [6.45, 7) is 6.21. The summed E-state index contributed by atoms with van der Waals surface area (Å²) in [7, 11) is 0. The lowest BCUT2D eigenvalue weighted by molar-refractivity contribution is -0.151. The topological polar surface area (TPSA) is 95.9 Å². The molecule has 0 bridgehead atoms. The third kappa shape index (κ3) is 43.4. The second kappa shape index (κ2) is 48.8. The molecule has 0 heterocycles. The van der Waals surface area contributed by atoms with Crippen LogP contribution in [-0.2, 0) is 14.3 Å². The quantitative estimate of drug-likeness (QED) is 0.0245. The third-order valence-electron chi connectivity index (χ3n) is 11.0. The standard InChI is InChI=1S/C56H95NO5/c1-4-7-10-13-16-19-22-24-25-26-27-28-29-31-34-37-40-43-46-49-56(61)62-52(47-44-41-38-35-33-30-23-20-17-14-11-8-5-2)50-55(60)57-53(51-58)54(59)48-45-42-39-36-32-21-18-15-12-9-6-3/h7-8,10-11,14,16-17,19-20,23-25,27-28,31,34,52-54,58-59H,4-6,9,12-13,15,18,21-22,26,29-30,32-33,35-51H2,1-3H3,(H,57,60)/b10-7-,11-8+,17-14+,19-16-,23-20+,25-24-,28-27-,34-31-. The summed E-state index contributed by atoms with van der Waals surface area (Å²) in [6, 6.07) is -0.720. The number of hydrogen-bond donors (Lipinski definition) is 3. The Hall–Kier alpha value is -3.22. The van der Waals surface area contributed by atoms with E-state index in [2.05, 4.69) is 123 Å². The molecular formula is C56H95NO5. The van der Waals surface area contributed by atoms with Crippen molar-refractivity contribution < 1.29 is 24.5 Å². The van der Waals surface area contributed by atoms with Gasteiger partial charge in [0.1, 0.15) is 6.10 Å². The van der Waals surface area contributed by atoms with Gasteiger partial charge in [0.05, 0.1) is 25.2 Å². The van der Waals surface area contributed by atoms with Crippen molar-refractivity contribution in [2.75, 3.05) is 6.61 Å². The van der Waals surface area contributed by atoms with Crippen molar-refractivity contribution in [2.24, 2.45) is 0 Å². The zero-order chi connectivity index (χ0) is 45.2. The monoisotopic (exact) mass is 862 g/mol. The summed E-state index contributed by atoms with van der Waals surface area (Å²) in [6.07, 6.45) is 64.6. The van der Waals surface area contributed by atoms with E-state index in [1.807, 2.05) is 0 Å². The molecule has 62 heavy (non-hydrogen) atoms. The molecule has 3 N–H and O–H groups in total. The number of carbonyl (C=O) groups is 2. The maximum absolute atomic E-state index is 13.2. The molecule has 6 nitrogen and oxygen atoms in total. The first-order valence-corrected chi connectivity index (χ1v) is 25.5. The molecule has 0 saturated carbocycles. The fraction of sp³-hybridized carbons (Fsp3) is 0.679. The van der Waals surface area contributed by atoms with Crippen molar-refractivity contribution in [1.29, 1.82) is 0 Å². The Balaban J connectivity index is 4.67. The Labute approximate surface area is 382 Å². The van der Waals surface area contributed by atoms with Crippen LogP contribution in [0.1, 0.15) is 220 Å². The maximum atomic E-state index is 13.2. The van der Waals surface area contributed by atoms with Crippen molar-refractivity contribution in [1.82, 2.24) is 5.32 Å². The molecule has 0 fully saturated rings. The highest BCUT2D eigenvalue weighted by Crippen LogP contribution is 2.17. The minimum atomic E-state index is -0.804. The Kier molecular flexibility index (Phi) is 46.3. The molecule has 6 heteroatoms. The highest BCUT2D eigenvalue weighted by atomic mass is 16.5. The number of aliphatic hydroxyl groups excluding tert-OH is 2. The predicted octanol–water partition coefficient (Wildman–Crippen LogP) is 15.3. The number of esters is 1. The normalized spacial score (nSPS) is 14.1. The van der Waals surface area contributed by atoms with Crippen LogP contribution in [0.4, 0.5) is 0 Å². The molecule has 0 aromatic heterocycles. The minimum Gasteiger partial charge on any atom is -0.462 e. The molecule has 0 saturated heterocycles. The predicted molar refractivity (Wildman–Crippen MR) is 268 cm³/mol. The molecule has 0 radical (unpaired) electrons. The molecule has 1 amide bonds. The summed E-state index contributed by atoms with van der Waals surface area (Å²) < 4.78 is 5.91. The van der Waals surface area contributed by atoms with Gasteiger partial charge < -0.3 is 20.3 Å². The van der Waals surface area contributed by atoms with Gasteiger partial charge in [-0.3, -0.25) is 9.59 Å². The summed E-state index contributed by atoms with van der Waals surface area (Å²) in [4.78, 5) is 26.1. The summed E-state index contributed by atoms with van der Waals surface area (Å²) >= 11 is 0. The molecule has 0 aliphatic heterocycles. The molecule has 0 rings (SSSR count). The molecule has 0 aliphatic rings. The van der Waals surface area contributed by atoms with Gasteiger partial charge in [-0.05, 0) is 89.9 Å². The fourth-order valence-electron chi connectivity index (χ4n) is 7.16. The van der Waals surface area contributed by atoms with Gasteiger partial charge >= 0.3 is 5.97 Å². The molecular weight excluding hydrogens is 767 g/mol. The lowest BCUT2D eigenvalue weighted by Gasteiger charge is -2.24. The van der Waals surface area contributed by atoms with Crippen LogP contribution in [0, 0.1) is 0 Å². The van der Waals surface area contributed by atoms with Crippen LogP contribution in [0.3, 0.4) is 0 Å². The zero-order valence-electron chi connectivity index (χ0n) is 40.2. The fourth-order valence-corrected chi connectivity index (χ4v) is 7.16. The van der Waals surface area contributed by atoms with Crippen LogP contribution in [-0.4, -0.2) is 46.9 Å². The van der Waals surface area contributed by atoms with E-state index in [4.69, 9.17) is 4.74 Å². The number of allylic oxidation sites excluding steroid dienone is 16. The van der Waals surface area contributed by atoms with E-state index >= 15 is 0 Å². The van der Waals surface area contributed by atoms with Crippen LogP contribution in [0.25, 0.3) is 0 Å². The number of ether oxygens (including phenoxy) is 1. The van der Waals surface area contributed by atoms with Gasteiger partial charge in [0, 0.05) is 6.42 Å². The summed E-state index contributed by atoms with van der Waals surface area (Å²) in [5, 5.41) is 23.7. The average molecular weight is 862 g/mol. The summed E-state index contributed by atoms with van der Waals surface area (Å²) in [5.74, 6) is -0.540. The Morgan fingerprint density at radius 3 is 1.50 bits per heavy atom. The van der Waals surface area contributed by atoms with Crippen molar-refractivity contribution >= 4 is 11.9 Å². The molecule has 3 atom stereocenters. The Morgan fingerprint density at radius 1 is 0.500 bits per heavy atom. The first-order valence-electron chi connectivity index (χ1n) is 25.5. The number of nitrogens with one attached hydrogen (secondary N) is 1. The van der Waals surface area contributed by atoms with E-state index < -0.39 is 18.2 Å². The number of carbonyl (C=O) groups excluding carboxylic acids is 2. The second-order valence-corrected chi connectivity index (χ2v) is 16.9. The van der Waals surface area contributed by atoms with Gasteiger partial charge in [-0.25, -0.2) is 0 Å². The lowest BCUT2D eigenvalue weighted by Crippen LogP contribution is -2.46. The lowest BCUT2D eigenvalue weighted by atomic mass is 10.0. The average Bonchev–Trinajstić information content (AvgIpc) is 3.26. The minimum absolute atomic E-state index is 0.0449. The first-order chi connectivity index (χ1) is 30.5. The van der Waals surface area contributed by atoms with Crippen LogP contribution in [0.2, 0.25) is 0 Å². The third-order valence-corrected chi connectivity index (χ3v) is 11.0. The molecule has 0 aliphatic carbocycles. The zero-order valence-corrected chi connectivity index (χ0v) is 40.2. The largest absolute Gasteiger partial charge is 0.462 e. The van der Waals surface area contributed by atoms with Crippen molar-refractivity contribution in [3.8, 4) is 0 Å². The van der Waals surface area contributed by atoms with Crippen LogP contribution < -0.4 is 5.32 Å². The molecule has 0 aromatic carbocycles. The van der Waals surface area contributed by atoms with Gasteiger partial charge in [0.15, 0.2) is 0 Å². The number of aliphatic hydroxyl groups is 2. The molecule has 0 aromatic rings. The van der Waals surface area contributed by atoms with Crippen LogP contribution in [0.15, 0.2) is 97.2 Å². The van der Waals surface area contributed by atoms with E-state index in [0.717, 1.165) is 122 Å². The van der Waals surface area contributed by atoms with E-state index in [1.54, 1.807) is 0 Å². The van der Waals surface area contributed by atoms with E-state index in [1.165, 1.54) is 51.4 Å². The first kappa shape index (κ1) is 58.8. The molecule has 354 valence electrons. The number of amides is 1. The maximum Gasteiger partial charge on any atom is 0.306 e. The molecule has 0 spiro atoms. The van der Waals surface area contributed by atoms with Crippen molar-refractivity contribution in [3.05, 3.63) is 97.2 Å². The second-order valence-electron chi connectivity index (χ2n) is 16.9. The molecule has 3 unspecified atom stereocenters. The van der Waals surface area contributed by atoms with Crippen molar-refractivity contribution in [2.45, 2.75) is 238 Å². The SMILES string of the molecule is CC/C=C\C/C=C\C/C=C\C/C=C\C/C=C\CCCCCC(=O)OC(CCCCCCC/C=C/C=C/C=C/CC)CC(=O)NC(CO)C(O)CCCCCCCCCCCCC. The van der Waals surface area contributed by atoms with E-state index in [0.29, 0.717) is 19.3 Å². The van der Waals surface area contributed by atoms with Gasteiger partial charge in [-0.2, -0.15) is 0 Å². The van der Waals surface area contributed by atoms with Gasteiger partial charge in [0.2, 0.25) is 5.91 Å². The van der Waals surface area contributed by atoms with Crippen molar-refractivity contribution in [3.63, 3.8) is 0 Å². The number of unbranched alkanes of at least 4 members (excludes halogenated alkanes) is 18. The smallest absolute Gasteiger partial charge is 0.306 e. The van der Waals surface area contributed by atoms with E-state index in [9.17, 15) is 19.8 Å². The number of rotatable bonds is 44. The van der Waals surface area contributed by atoms with Gasteiger partial charge in [0.25, 0.3) is 0 Å². The van der Waals surface area contributed by atoms with Gasteiger partial charge in [-0.1, -0.05) is 214 Å². The highest BCUT2D eigenvalue weighted by molar-refractivity contribution is 5.77. The summed E-state index contributed by atoms with van der Waals surface area (Å²) in [5.41, 5.74) is 0. The van der Waals surface area contributed by atoms with Crippen LogP contribution >= 0.6 is 0 Å². The van der Waals surface area contributed by atoms with E-state index in [-0.39, 0.29) is 24.9 Å². The Morgan fingerprint density at radius 2 is 0.952 bits per heavy atom. The number of hydrogen-bond acceptors (Lipinski definition) is 5. The van der Waals surface area contributed by atoms with Gasteiger partial charge in [-0.15, -0.1) is 0 Å². The highest BCUT2D eigenvalue weighted by Gasteiger charge is 2.24. The Bertz CT molecular complexity index is 1240. The van der Waals surface area contributed by atoms with Crippen LogP contribution in [0.5, 0.6) is 0 Å².